The van der Waals surface area contributed by atoms with Crippen LogP contribution in [0.15, 0.2) is 25.0 Å². The van der Waals surface area contributed by atoms with E-state index in [0.717, 1.165) is 38.3 Å². The Morgan fingerprint density at radius 3 is 2.94 bits per heavy atom. The summed E-state index contributed by atoms with van der Waals surface area (Å²) >= 11 is 0. The molecule has 0 aliphatic carbocycles. The number of aromatic nitrogens is 5. The summed E-state index contributed by atoms with van der Waals surface area (Å²) in [5, 5.41) is 7.60. The molecule has 2 aromatic rings. The van der Waals surface area contributed by atoms with Gasteiger partial charge in [-0.2, -0.15) is 5.10 Å². The van der Waals surface area contributed by atoms with Crippen molar-refractivity contribution in [2.45, 2.75) is 19.4 Å². The van der Waals surface area contributed by atoms with Crippen LogP contribution in [-0.4, -0.2) is 37.4 Å². The Morgan fingerprint density at radius 1 is 1.29 bits per heavy atom. The predicted octanol–water partition coefficient (Wildman–Crippen LogP) is 0.234. The van der Waals surface area contributed by atoms with Gasteiger partial charge >= 0.3 is 0 Å². The summed E-state index contributed by atoms with van der Waals surface area (Å²) in [6.45, 7) is 2.94. The predicted molar refractivity (Wildman–Crippen MR) is 64.4 cm³/mol. The molecule has 0 atom stereocenters. The molecule has 0 unspecified atom stereocenters. The quantitative estimate of drug-likeness (QED) is 0.697. The van der Waals surface area contributed by atoms with Gasteiger partial charge in [-0.25, -0.2) is 9.97 Å². The van der Waals surface area contributed by atoms with Crippen molar-refractivity contribution in [3.05, 3.63) is 30.9 Å². The molecule has 0 radical (unpaired) electrons. The van der Waals surface area contributed by atoms with Crippen LogP contribution >= 0.6 is 0 Å². The highest BCUT2D eigenvalue weighted by atomic mass is 15.3. The molecular formula is C11H18N6. The van der Waals surface area contributed by atoms with Crippen molar-refractivity contribution in [1.82, 2.24) is 29.6 Å². The van der Waals surface area contributed by atoms with E-state index in [-0.39, 0.29) is 0 Å². The molecule has 6 nitrogen and oxygen atoms in total. The highest BCUT2D eigenvalue weighted by molar-refractivity contribution is 4.81. The zero-order valence-electron chi connectivity index (χ0n) is 10.1. The first kappa shape index (κ1) is 11.8. The third-order valence-electron chi connectivity index (χ3n) is 2.50. The first-order chi connectivity index (χ1) is 8.34. The molecule has 0 fully saturated rings. The fraction of sp³-hybridized carbons (Fsp3) is 0.545. The molecule has 0 aliphatic rings. The Labute approximate surface area is 101 Å². The molecule has 0 amide bonds. The maximum atomic E-state index is 4.22. The molecule has 0 spiro atoms. The number of nitrogens with one attached hydrogen (secondary N) is 1. The van der Waals surface area contributed by atoms with Crippen molar-refractivity contribution >= 4 is 0 Å². The van der Waals surface area contributed by atoms with Gasteiger partial charge in [-0.15, -0.1) is 0 Å². The monoisotopic (exact) mass is 234 g/mol. The molecule has 0 saturated carbocycles. The number of hydrogen-bond donors (Lipinski definition) is 1. The molecule has 2 aromatic heterocycles. The second kappa shape index (κ2) is 6.15. The van der Waals surface area contributed by atoms with Gasteiger partial charge in [0.15, 0.2) is 5.82 Å². The van der Waals surface area contributed by atoms with E-state index in [1.807, 2.05) is 19.6 Å². The molecule has 0 saturated heterocycles. The Balaban J connectivity index is 1.52. The summed E-state index contributed by atoms with van der Waals surface area (Å²) in [7, 11) is 1.88. The van der Waals surface area contributed by atoms with E-state index in [0.29, 0.717) is 0 Å². The van der Waals surface area contributed by atoms with Crippen LogP contribution in [0.4, 0.5) is 0 Å². The second-order valence-corrected chi connectivity index (χ2v) is 3.99. The first-order valence-corrected chi connectivity index (χ1v) is 5.85. The zero-order chi connectivity index (χ0) is 11.9. The van der Waals surface area contributed by atoms with E-state index >= 15 is 0 Å². The third-order valence-corrected chi connectivity index (χ3v) is 2.50. The van der Waals surface area contributed by atoms with Gasteiger partial charge in [0.2, 0.25) is 0 Å². The second-order valence-electron chi connectivity index (χ2n) is 3.99. The lowest BCUT2D eigenvalue weighted by Crippen LogP contribution is -2.20. The minimum atomic E-state index is 0.881. The summed E-state index contributed by atoms with van der Waals surface area (Å²) in [6.07, 6.45) is 9.35. The highest BCUT2D eigenvalue weighted by Crippen LogP contribution is 1.90. The fourth-order valence-electron chi connectivity index (χ4n) is 1.63. The fourth-order valence-corrected chi connectivity index (χ4v) is 1.63. The normalized spacial score (nSPS) is 10.9. The van der Waals surface area contributed by atoms with Gasteiger partial charge in [0, 0.05) is 39.0 Å². The van der Waals surface area contributed by atoms with E-state index in [2.05, 4.69) is 25.0 Å². The molecule has 2 rings (SSSR count). The van der Waals surface area contributed by atoms with Gasteiger partial charge in [0.25, 0.3) is 0 Å². The van der Waals surface area contributed by atoms with Crippen LogP contribution in [0.3, 0.4) is 0 Å². The lowest BCUT2D eigenvalue weighted by atomic mass is 10.3. The van der Waals surface area contributed by atoms with E-state index < -0.39 is 0 Å². The van der Waals surface area contributed by atoms with E-state index in [1.54, 1.807) is 17.2 Å². The van der Waals surface area contributed by atoms with Gasteiger partial charge in [-0.1, -0.05) is 0 Å². The SMILES string of the molecule is Cn1cnc(CCNCCCn2ccnc2)n1. The molecular weight excluding hydrogens is 216 g/mol. The first-order valence-electron chi connectivity index (χ1n) is 5.85. The van der Waals surface area contributed by atoms with Crippen LogP contribution in [-0.2, 0) is 20.0 Å². The van der Waals surface area contributed by atoms with Gasteiger partial charge < -0.3 is 9.88 Å². The molecule has 6 heteroatoms. The highest BCUT2D eigenvalue weighted by Gasteiger charge is 1.97. The molecule has 0 aromatic carbocycles. The van der Waals surface area contributed by atoms with Crippen molar-refractivity contribution < 1.29 is 0 Å². The zero-order valence-corrected chi connectivity index (χ0v) is 10.1. The molecule has 17 heavy (non-hydrogen) atoms. The van der Waals surface area contributed by atoms with Crippen LogP contribution in [0.5, 0.6) is 0 Å². The minimum Gasteiger partial charge on any atom is -0.337 e. The van der Waals surface area contributed by atoms with Gasteiger partial charge in [0.05, 0.1) is 6.33 Å². The maximum absolute atomic E-state index is 4.22. The standard InChI is InChI=1S/C11H18N6/c1-16-10-14-11(15-16)3-5-12-4-2-7-17-8-6-13-9-17/h6,8-10,12H,2-5,7H2,1H3. The van der Waals surface area contributed by atoms with Crippen molar-refractivity contribution in [3.63, 3.8) is 0 Å². The topological polar surface area (TPSA) is 60.6 Å². The summed E-state index contributed by atoms with van der Waals surface area (Å²) in [5.74, 6) is 0.898. The van der Waals surface area contributed by atoms with E-state index in [9.17, 15) is 0 Å². The Bertz CT molecular complexity index is 419. The average Bonchev–Trinajstić information content (AvgIpc) is 2.95. The van der Waals surface area contributed by atoms with Crippen molar-refractivity contribution in [3.8, 4) is 0 Å². The molecule has 92 valence electrons. The smallest absolute Gasteiger partial charge is 0.151 e. The third kappa shape index (κ3) is 3.99. The Morgan fingerprint density at radius 2 is 2.24 bits per heavy atom. The van der Waals surface area contributed by atoms with Crippen LogP contribution in [0.25, 0.3) is 0 Å². The van der Waals surface area contributed by atoms with Crippen LogP contribution in [0.1, 0.15) is 12.2 Å². The summed E-state index contributed by atoms with van der Waals surface area (Å²) < 4.78 is 3.82. The minimum absolute atomic E-state index is 0.881. The number of rotatable bonds is 7. The molecule has 0 bridgehead atoms. The van der Waals surface area contributed by atoms with Crippen molar-refractivity contribution in [1.29, 1.82) is 0 Å². The van der Waals surface area contributed by atoms with Gasteiger partial charge in [0.1, 0.15) is 6.33 Å². The number of hydrogen-bond acceptors (Lipinski definition) is 4. The summed E-state index contributed by atoms with van der Waals surface area (Å²) in [4.78, 5) is 8.18. The van der Waals surface area contributed by atoms with E-state index in [4.69, 9.17) is 0 Å². The number of nitrogens with zero attached hydrogens (tertiary/aromatic N) is 5. The molecule has 1 N–H and O–H groups in total. The lowest BCUT2D eigenvalue weighted by molar-refractivity contribution is 0.577. The van der Waals surface area contributed by atoms with Gasteiger partial charge in [-0.05, 0) is 13.0 Å². The number of imidazole rings is 1. The number of aryl methyl sites for hydroxylation is 2. The van der Waals surface area contributed by atoms with Crippen LogP contribution < -0.4 is 5.32 Å². The van der Waals surface area contributed by atoms with Crippen molar-refractivity contribution in [2.24, 2.45) is 7.05 Å². The summed E-state index contributed by atoms with van der Waals surface area (Å²) in [5.41, 5.74) is 0. The molecule has 0 aliphatic heterocycles. The van der Waals surface area contributed by atoms with Crippen molar-refractivity contribution in [2.75, 3.05) is 13.1 Å². The Hall–Kier alpha value is -1.69. The Kier molecular flexibility index (Phi) is 4.26. The van der Waals surface area contributed by atoms with E-state index in [1.165, 1.54) is 0 Å². The van der Waals surface area contributed by atoms with Gasteiger partial charge in [-0.3, -0.25) is 4.68 Å². The van der Waals surface area contributed by atoms with Crippen LogP contribution in [0, 0.1) is 0 Å². The largest absolute Gasteiger partial charge is 0.337 e. The maximum Gasteiger partial charge on any atom is 0.151 e. The van der Waals surface area contributed by atoms with Crippen LogP contribution in [0.2, 0.25) is 0 Å². The molecule has 2 heterocycles. The average molecular weight is 234 g/mol. The summed E-state index contributed by atoms with van der Waals surface area (Å²) in [6, 6.07) is 0. The lowest BCUT2D eigenvalue weighted by Gasteiger charge is -2.03.